The molecule has 1 aliphatic carbocycles. The smallest absolute Gasteiger partial charge is 0.147 e. The molecule has 1 unspecified atom stereocenters. The normalized spacial score (nSPS) is 30.1. The second-order valence-corrected chi connectivity index (χ2v) is 5.25. The first-order valence-electron chi connectivity index (χ1n) is 6.41. The van der Waals surface area contributed by atoms with E-state index in [2.05, 4.69) is 11.9 Å². The van der Waals surface area contributed by atoms with Gasteiger partial charge in [-0.15, -0.1) is 0 Å². The summed E-state index contributed by atoms with van der Waals surface area (Å²) in [7, 11) is 1.60. The van der Waals surface area contributed by atoms with Crippen molar-refractivity contribution >= 4 is 0 Å². The van der Waals surface area contributed by atoms with E-state index >= 15 is 0 Å². The predicted octanol–water partition coefficient (Wildman–Crippen LogP) is 2.85. The molecule has 0 aromatic carbocycles. The first-order valence-corrected chi connectivity index (χ1v) is 6.41. The summed E-state index contributed by atoms with van der Waals surface area (Å²) in [6, 6.07) is 1.53. The van der Waals surface area contributed by atoms with Crippen molar-refractivity contribution < 1.29 is 14.2 Å². The van der Waals surface area contributed by atoms with Crippen LogP contribution in [0.4, 0.5) is 4.39 Å². The molecule has 1 fully saturated rings. The van der Waals surface area contributed by atoms with Crippen molar-refractivity contribution in [1.82, 2.24) is 4.98 Å². The van der Waals surface area contributed by atoms with Crippen LogP contribution < -0.4 is 0 Å². The zero-order valence-electron chi connectivity index (χ0n) is 10.9. The summed E-state index contributed by atoms with van der Waals surface area (Å²) in [5.74, 6) is 0.169. The lowest BCUT2D eigenvalue weighted by Crippen LogP contribution is -2.42. The predicted molar refractivity (Wildman–Crippen MR) is 66.5 cm³/mol. The fraction of sp³-hybridized carbons (Fsp3) is 0.643. The third-order valence-corrected chi connectivity index (χ3v) is 4.12. The average molecular weight is 253 g/mol. The van der Waals surface area contributed by atoms with E-state index in [1.807, 2.05) is 0 Å². The number of rotatable bonds is 3. The highest BCUT2D eigenvalue weighted by atomic mass is 19.1. The van der Waals surface area contributed by atoms with Crippen LogP contribution in [-0.2, 0) is 4.74 Å². The molecule has 0 spiro atoms. The van der Waals surface area contributed by atoms with Gasteiger partial charge in [-0.3, -0.25) is 4.98 Å². The lowest BCUT2D eigenvalue weighted by molar-refractivity contribution is -0.131. The van der Waals surface area contributed by atoms with E-state index in [-0.39, 0.29) is 5.56 Å². The van der Waals surface area contributed by atoms with Gasteiger partial charge in [0.05, 0.1) is 11.8 Å². The maximum Gasteiger partial charge on any atom is 0.147 e. The van der Waals surface area contributed by atoms with E-state index < -0.39 is 17.5 Å². The highest BCUT2D eigenvalue weighted by Gasteiger charge is 2.42. The largest absolute Gasteiger partial charge is 0.385 e. The molecule has 3 nitrogen and oxygen atoms in total. The molecule has 1 heterocycles. The molecule has 4 heteroatoms. The summed E-state index contributed by atoms with van der Waals surface area (Å²) in [4.78, 5) is 3.71. The fourth-order valence-electron chi connectivity index (χ4n) is 2.73. The van der Waals surface area contributed by atoms with Crippen LogP contribution in [0.3, 0.4) is 0 Å². The number of nitrogens with zero attached hydrogens (tertiary/aromatic N) is 1. The van der Waals surface area contributed by atoms with Gasteiger partial charge in [-0.1, -0.05) is 6.92 Å². The lowest BCUT2D eigenvalue weighted by Gasteiger charge is -2.41. The second kappa shape index (κ2) is 5.33. The molecule has 1 aromatic rings. The molecular formula is C14H20FNO2. The molecular weight excluding hydrogens is 233 g/mol. The number of halogens is 1. The van der Waals surface area contributed by atoms with Crippen molar-refractivity contribution in [2.45, 2.75) is 44.3 Å². The van der Waals surface area contributed by atoms with E-state index in [0.29, 0.717) is 5.92 Å². The molecule has 100 valence electrons. The maximum absolute atomic E-state index is 13.7. The lowest BCUT2D eigenvalue weighted by atomic mass is 9.74. The standard InChI is InChI=1S/C14H20FNO2/c1-10-3-6-14(18-2,7-4-10)13(17)11-5-8-16-9-12(11)15/h5,8-10,13,17H,3-4,6-7H2,1-2H3. The first kappa shape index (κ1) is 13.4. The summed E-state index contributed by atoms with van der Waals surface area (Å²) < 4.78 is 19.3. The topological polar surface area (TPSA) is 42.4 Å². The quantitative estimate of drug-likeness (QED) is 0.900. The van der Waals surface area contributed by atoms with Crippen LogP contribution in [0.15, 0.2) is 18.5 Å². The van der Waals surface area contributed by atoms with Crippen molar-refractivity contribution in [1.29, 1.82) is 0 Å². The van der Waals surface area contributed by atoms with Gasteiger partial charge >= 0.3 is 0 Å². The highest BCUT2D eigenvalue weighted by Crippen LogP contribution is 2.43. The number of pyridine rings is 1. The van der Waals surface area contributed by atoms with Crippen molar-refractivity contribution in [3.8, 4) is 0 Å². The number of aliphatic hydroxyl groups excluding tert-OH is 1. The van der Waals surface area contributed by atoms with E-state index in [4.69, 9.17) is 4.74 Å². The number of aromatic nitrogens is 1. The van der Waals surface area contributed by atoms with E-state index in [9.17, 15) is 9.50 Å². The van der Waals surface area contributed by atoms with Crippen molar-refractivity contribution in [2.75, 3.05) is 7.11 Å². The molecule has 1 aromatic heterocycles. The van der Waals surface area contributed by atoms with Crippen molar-refractivity contribution in [3.05, 3.63) is 29.8 Å². The van der Waals surface area contributed by atoms with Gasteiger partial charge in [0, 0.05) is 18.9 Å². The summed E-state index contributed by atoms with van der Waals surface area (Å²) in [5, 5.41) is 10.5. The van der Waals surface area contributed by atoms with Gasteiger partial charge in [-0.05, 0) is 37.7 Å². The Labute approximate surface area is 107 Å². The Kier molecular flexibility index (Phi) is 3.97. The Bertz CT molecular complexity index is 403. The Balaban J connectivity index is 2.25. The van der Waals surface area contributed by atoms with Crippen LogP contribution in [0.25, 0.3) is 0 Å². The zero-order chi connectivity index (χ0) is 13.2. The first-order chi connectivity index (χ1) is 8.59. The molecule has 18 heavy (non-hydrogen) atoms. The van der Waals surface area contributed by atoms with Gasteiger partial charge in [0.15, 0.2) is 0 Å². The third-order valence-electron chi connectivity index (χ3n) is 4.12. The van der Waals surface area contributed by atoms with Crippen LogP contribution in [-0.4, -0.2) is 22.8 Å². The molecule has 0 aliphatic heterocycles. The van der Waals surface area contributed by atoms with E-state index in [1.54, 1.807) is 7.11 Å². The number of aliphatic hydroxyl groups is 1. The van der Waals surface area contributed by atoms with Crippen LogP contribution in [0.5, 0.6) is 0 Å². The van der Waals surface area contributed by atoms with Crippen LogP contribution in [0.2, 0.25) is 0 Å². The molecule has 2 rings (SSSR count). The van der Waals surface area contributed by atoms with Gasteiger partial charge in [0.25, 0.3) is 0 Å². The van der Waals surface area contributed by atoms with Gasteiger partial charge in [-0.25, -0.2) is 4.39 Å². The molecule has 1 saturated carbocycles. The molecule has 0 bridgehead atoms. The van der Waals surface area contributed by atoms with Crippen LogP contribution in [0.1, 0.15) is 44.3 Å². The molecule has 1 atom stereocenters. The minimum atomic E-state index is -0.932. The van der Waals surface area contributed by atoms with Crippen molar-refractivity contribution in [2.24, 2.45) is 5.92 Å². The fourth-order valence-corrected chi connectivity index (χ4v) is 2.73. The summed E-state index contributed by atoms with van der Waals surface area (Å²) in [6.07, 6.45) is 5.21. The van der Waals surface area contributed by atoms with Crippen molar-refractivity contribution in [3.63, 3.8) is 0 Å². The molecule has 0 saturated heterocycles. The highest BCUT2D eigenvalue weighted by molar-refractivity contribution is 5.19. The Morgan fingerprint density at radius 3 is 2.72 bits per heavy atom. The van der Waals surface area contributed by atoms with Gasteiger partial charge in [-0.2, -0.15) is 0 Å². The number of ether oxygens (including phenoxy) is 1. The molecule has 1 aliphatic rings. The third kappa shape index (κ3) is 2.40. The monoisotopic (exact) mass is 253 g/mol. The molecule has 0 amide bonds. The second-order valence-electron chi connectivity index (χ2n) is 5.25. The Morgan fingerprint density at radius 1 is 1.50 bits per heavy atom. The number of hydrogen-bond donors (Lipinski definition) is 1. The van der Waals surface area contributed by atoms with Gasteiger partial charge in [0.1, 0.15) is 11.9 Å². The van der Waals surface area contributed by atoms with Gasteiger partial charge in [0.2, 0.25) is 0 Å². The van der Waals surface area contributed by atoms with E-state index in [1.165, 1.54) is 12.3 Å². The Morgan fingerprint density at radius 2 is 2.17 bits per heavy atom. The summed E-state index contributed by atoms with van der Waals surface area (Å²) in [5.41, 5.74) is -0.379. The summed E-state index contributed by atoms with van der Waals surface area (Å²) >= 11 is 0. The number of methoxy groups -OCH3 is 1. The number of hydrogen-bond acceptors (Lipinski definition) is 3. The van der Waals surface area contributed by atoms with Gasteiger partial charge < -0.3 is 9.84 Å². The molecule has 0 radical (unpaired) electrons. The molecule has 1 N–H and O–H groups in total. The minimum Gasteiger partial charge on any atom is -0.385 e. The summed E-state index contributed by atoms with van der Waals surface area (Å²) in [6.45, 7) is 2.19. The zero-order valence-corrected chi connectivity index (χ0v) is 10.9. The van der Waals surface area contributed by atoms with E-state index in [0.717, 1.165) is 31.9 Å². The average Bonchev–Trinajstić information content (AvgIpc) is 2.40. The SMILES string of the molecule is COC1(C(O)c2ccncc2F)CCC(C)CC1. The minimum absolute atomic E-state index is 0.279. The Hall–Kier alpha value is -1.00. The van der Waals surface area contributed by atoms with Crippen LogP contribution >= 0.6 is 0 Å². The maximum atomic E-state index is 13.7. The van der Waals surface area contributed by atoms with Crippen LogP contribution in [0, 0.1) is 11.7 Å².